The molecule has 7 heteroatoms. The molecule has 0 radical (unpaired) electrons. The van der Waals surface area contributed by atoms with E-state index in [9.17, 15) is 14.7 Å². The summed E-state index contributed by atoms with van der Waals surface area (Å²) in [5.74, 6) is -1.33. The van der Waals surface area contributed by atoms with E-state index in [1.165, 1.54) is 11.3 Å². The third kappa shape index (κ3) is 3.36. The van der Waals surface area contributed by atoms with Crippen molar-refractivity contribution in [3.05, 3.63) is 82.6 Å². The van der Waals surface area contributed by atoms with Gasteiger partial charge in [-0.1, -0.05) is 36.4 Å². The van der Waals surface area contributed by atoms with Crippen molar-refractivity contribution in [3.63, 3.8) is 0 Å². The Bertz CT molecular complexity index is 995. The number of aliphatic hydroxyl groups excluding tert-OH is 1. The molecular weight excluding hydrogens is 374 g/mol. The molecule has 1 N–H and O–H groups in total. The Morgan fingerprint density at radius 1 is 1.11 bits per heavy atom. The van der Waals surface area contributed by atoms with Gasteiger partial charge in [0.1, 0.15) is 5.76 Å². The highest BCUT2D eigenvalue weighted by atomic mass is 32.1. The number of carbonyl (C=O) groups excluding carboxylic acids is 2. The molecule has 0 spiro atoms. The molecule has 3 heterocycles. The Morgan fingerprint density at radius 3 is 2.61 bits per heavy atom. The van der Waals surface area contributed by atoms with E-state index in [0.717, 1.165) is 4.88 Å². The van der Waals surface area contributed by atoms with E-state index < -0.39 is 17.7 Å². The number of ketones is 1. The lowest BCUT2D eigenvalue weighted by Gasteiger charge is -2.24. The minimum atomic E-state index is -0.637. The summed E-state index contributed by atoms with van der Waals surface area (Å²) in [7, 11) is 0. The first kappa shape index (κ1) is 18.2. The van der Waals surface area contributed by atoms with Crippen LogP contribution < -0.4 is 0 Å². The summed E-state index contributed by atoms with van der Waals surface area (Å²) >= 11 is 1.47. The van der Waals surface area contributed by atoms with E-state index in [1.807, 2.05) is 34.3 Å². The average molecular weight is 393 g/mol. The van der Waals surface area contributed by atoms with Gasteiger partial charge < -0.3 is 14.6 Å². The number of nitrogens with zero attached hydrogens (tertiary/aromatic N) is 3. The van der Waals surface area contributed by atoms with E-state index in [2.05, 4.69) is 4.98 Å². The number of aromatic nitrogens is 2. The largest absolute Gasteiger partial charge is 0.507 e. The summed E-state index contributed by atoms with van der Waals surface area (Å²) in [5.41, 5.74) is 0.682. The van der Waals surface area contributed by atoms with E-state index in [4.69, 9.17) is 0 Å². The van der Waals surface area contributed by atoms with Gasteiger partial charge in [-0.15, -0.1) is 11.3 Å². The molecule has 2 aromatic heterocycles. The summed E-state index contributed by atoms with van der Waals surface area (Å²) in [6.07, 6.45) is 5.97. The SMILES string of the molecule is O=C1C(=O)N(CCCn2ccnc2)[C@@H](c2cccs2)C1=C(O)c1ccccc1. The normalized spacial score (nSPS) is 18.7. The molecule has 1 amide bonds. The van der Waals surface area contributed by atoms with Gasteiger partial charge in [0.15, 0.2) is 0 Å². The molecule has 0 aliphatic carbocycles. The van der Waals surface area contributed by atoms with Crippen LogP contribution in [0.5, 0.6) is 0 Å². The fraction of sp³-hybridized carbons (Fsp3) is 0.190. The molecule has 1 saturated heterocycles. The molecular formula is C21H19N3O3S. The van der Waals surface area contributed by atoms with Crippen molar-refractivity contribution in [2.45, 2.75) is 19.0 Å². The smallest absolute Gasteiger partial charge is 0.295 e. The molecule has 1 aromatic carbocycles. The van der Waals surface area contributed by atoms with Crippen molar-refractivity contribution < 1.29 is 14.7 Å². The van der Waals surface area contributed by atoms with Crippen molar-refractivity contribution in [1.29, 1.82) is 0 Å². The highest BCUT2D eigenvalue weighted by Crippen LogP contribution is 2.41. The number of likely N-dealkylation sites (tertiary alicyclic amines) is 1. The first-order valence-electron chi connectivity index (χ1n) is 9.00. The predicted molar refractivity (Wildman–Crippen MR) is 107 cm³/mol. The van der Waals surface area contributed by atoms with Crippen LogP contribution in [-0.4, -0.2) is 37.8 Å². The topological polar surface area (TPSA) is 75.4 Å². The summed E-state index contributed by atoms with van der Waals surface area (Å²) in [6, 6.07) is 12.1. The maximum atomic E-state index is 12.8. The highest BCUT2D eigenvalue weighted by molar-refractivity contribution is 7.10. The third-order valence-corrected chi connectivity index (χ3v) is 5.70. The number of benzene rings is 1. The van der Waals surface area contributed by atoms with Gasteiger partial charge in [0.25, 0.3) is 11.7 Å². The lowest BCUT2D eigenvalue weighted by atomic mass is 10.00. The van der Waals surface area contributed by atoms with E-state index >= 15 is 0 Å². The number of Topliss-reactive ketones (excluding diaryl/α,β-unsaturated/α-hetero) is 1. The minimum absolute atomic E-state index is 0.130. The Labute approximate surface area is 166 Å². The van der Waals surface area contributed by atoms with Crippen LogP contribution >= 0.6 is 11.3 Å². The van der Waals surface area contributed by atoms with Crippen LogP contribution in [0.25, 0.3) is 5.76 Å². The van der Waals surface area contributed by atoms with Gasteiger partial charge >= 0.3 is 0 Å². The molecule has 28 heavy (non-hydrogen) atoms. The van der Waals surface area contributed by atoms with Crippen LogP contribution in [0.4, 0.5) is 0 Å². The zero-order valence-corrected chi connectivity index (χ0v) is 15.9. The van der Waals surface area contributed by atoms with Crippen LogP contribution in [0.2, 0.25) is 0 Å². The maximum Gasteiger partial charge on any atom is 0.295 e. The molecule has 0 unspecified atom stereocenters. The lowest BCUT2D eigenvalue weighted by molar-refractivity contribution is -0.139. The second-order valence-corrected chi connectivity index (χ2v) is 7.51. The van der Waals surface area contributed by atoms with Crippen molar-refractivity contribution in [2.24, 2.45) is 0 Å². The second-order valence-electron chi connectivity index (χ2n) is 6.53. The Morgan fingerprint density at radius 2 is 1.93 bits per heavy atom. The fourth-order valence-electron chi connectivity index (χ4n) is 3.45. The van der Waals surface area contributed by atoms with Crippen molar-refractivity contribution in [2.75, 3.05) is 6.54 Å². The summed E-state index contributed by atoms with van der Waals surface area (Å²) < 4.78 is 1.93. The molecule has 4 rings (SSSR count). The van der Waals surface area contributed by atoms with E-state index in [0.29, 0.717) is 25.1 Å². The molecule has 1 aliphatic rings. The van der Waals surface area contributed by atoms with Gasteiger partial charge in [-0.2, -0.15) is 0 Å². The lowest BCUT2D eigenvalue weighted by Crippen LogP contribution is -2.31. The van der Waals surface area contributed by atoms with Gasteiger partial charge in [0.05, 0.1) is 17.9 Å². The first-order valence-corrected chi connectivity index (χ1v) is 9.88. The Balaban J connectivity index is 1.68. The van der Waals surface area contributed by atoms with Gasteiger partial charge in [-0.05, 0) is 17.9 Å². The van der Waals surface area contributed by atoms with Gasteiger partial charge in [-0.25, -0.2) is 4.98 Å². The van der Waals surface area contributed by atoms with Crippen LogP contribution in [0, 0.1) is 0 Å². The number of hydrogen-bond donors (Lipinski definition) is 1. The molecule has 1 aliphatic heterocycles. The molecule has 142 valence electrons. The predicted octanol–water partition coefficient (Wildman–Crippen LogP) is 3.46. The summed E-state index contributed by atoms with van der Waals surface area (Å²) in [4.78, 5) is 32.0. The van der Waals surface area contributed by atoms with Crippen molar-refractivity contribution >= 4 is 28.8 Å². The quantitative estimate of drug-likeness (QED) is 0.395. The monoisotopic (exact) mass is 393 g/mol. The van der Waals surface area contributed by atoms with Crippen molar-refractivity contribution in [3.8, 4) is 0 Å². The minimum Gasteiger partial charge on any atom is -0.507 e. The molecule has 3 aromatic rings. The summed E-state index contributed by atoms with van der Waals surface area (Å²) in [5, 5.41) is 12.7. The number of aryl methyl sites for hydroxylation is 1. The van der Waals surface area contributed by atoms with Gasteiger partial charge in [-0.3, -0.25) is 9.59 Å². The molecule has 0 bridgehead atoms. The Kier molecular flexibility index (Phi) is 5.08. The zero-order chi connectivity index (χ0) is 19.5. The summed E-state index contributed by atoms with van der Waals surface area (Å²) in [6.45, 7) is 1.11. The molecule has 1 fully saturated rings. The number of hydrogen-bond acceptors (Lipinski definition) is 5. The van der Waals surface area contributed by atoms with Crippen LogP contribution in [0.3, 0.4) is 0 Å². The molecule has 6 nitrogen and oxygen atoms in total. The number of carbonyl (C=O) groups is 2. The maximum absolute atomic E-state index is 12.8. The van der Waals surface area contributed by atoms with Gasteiger partial charge in [0, 0.05) is 35.9 Å². The molecule has 0 saturated carbocycles. The van der Waals surface area contributed by atoms with Crippen molar-refractivity contribution in [1.82, 2.24) is 14.5 Å². The van der Waals surface area contributed by atoms with Gasteiger partial charge in [0.2, 0.25) is 0 Å². The number of aliphatic hydroxyl groups is 1. The average Bonchev–Trinajstić information content (AvgIpc) is 3.46. The van der Waals surface area contributed by atoms with E-state index in [-0.39, 0.29) is 11.3 Å². The molecule has 1 atom stereocenters. The zero-order valence-electron chi connectivity index (χ0n) is 15.1. The van der Waals surface area contributed by atoms with Crippen LogP contribution in [-0.2, 0) is 16.1 Å². The second kappa shape index (κ2) is 7.82. The first-order chi connectivity index (χ1) is 13.7. The number of imidazole rings is 1. The Hall–Kier alpha value is -3.19. The standard InChI is InChI=1S/C21H19N3O3S/c25-19(15-6-2-1-3-7-15)17-18(16-8-4-13-28-16)24(21(27)20(17)26)11-5-10-23-12-9-22-14-23/h1-4,6-9,12-14,18,25H,5,10-11H2/t18-/m0/s1. The highest BCUT2D eigenvalue weighted by Gasteiger charge is 2.46. The fourth-order valence-corrected chi connectivity index (χ4v) is 4.29. The number of thiophene rings is 1. The van der Waals surface area contributed by atoms with E-state index in [1.54, 1.807) is 41.7 Å². The van der Waals surface area contributed by atoms with Crippen LogP contribution in [0.1, 0.15) is 22.9 Å². The third-order valence-electron chi connectivity index (χ3n) is 4.77. The number of amides is 1. The number of rotatable bonds is 6. The van der Waals surface area contributed by atoms with Crippen LogP contribution in [0.15, 0.2) is 72.1 Å².